The van der Waals surface area contributed by atoms with E-state index in [2.05, 4.69) is 10.6 Å². The number of benzene rings is 1. The van der Waals surface area contributed by atoms with Crippen LogP contribution in [0.25, 0.3) is 0 Å². The number of nitro benzene ring substituents is 1. The molecule has 2 aromatic rings. The van der Waals surface area contributed by atoms with E-state index in [1.807, 2.05) is 5.38 Å². The highest BCUT2D eigenvalue weighted by Crippen LogP contribution is 2.22. The van der Waals surface area contributed by atoms with Crippen molar-refractivity contribution in [1.29, 1.82) is 0 Å². The molecule has 0 aliphatic carbocycles. The summed E-state index contributed by atoms with van der Waals surface area (Å²) in [6.07, 6.45) is 0.696. The number of hydrogen-bond donors (Lipinski definition) is 2. The first-order valence-electron chi connectivity index (χ1n) is 7.32. The predicted octanol–water partition coefficient (Wildman–Crippen LogP) is 3.11. The van der Waals surface area contributed by atoms with Gasteiger partial charge in [0.2, 0.25) is 5.91 Å². The van der Waals surface area contributed by atoms with Crippen LogP contribution >= 0.6 is 11.3 Å². The Bertz CT molecular complexity index is 744. The summed E-state index contributed by atoms with van der Waals surface area (Å²) >= 11 is 1.44. The zero-order chi connectivity index (χ0) is 17.5. The van der Waals surface area contributed by atoms with Gasteiger partial charge in [-0.15, -0.1) is 0 Å². The van der Waals surface area contributed by atoms with Gasteiger partial charge in [-0.1, -0.05) is 6.07 Å². The highest BCUT2D eigenvalue weighted by Gasteiger charge is 2.12. The Morgan fingerprint density at radius 1 is 1.29 bits per heavy atom. The van der Waals surface area contributed by atoms with Crippen LogP contribution in [0.3, 0.4) is 0 Å². The summed E-state index contributed by atoms with van der Waals surface area (Å²) in [5, 5.41) is 19.8. The molecule has 24 heavy (non-hydrogen) atoms. The smallest absolute Gasteiger partial charge is 0.274 e. The average molecular weight is 347 g/mol. The van der Waals surface area contributed by atoms with Crippen molar-refractivity contribution in [3.8, 4) is 0 Å². The van der Waals surface area contributed by atoms with E-state index in [4.69, 9.17) is 0 Å². The Morgan fingerprint density at radius 3 is 2.75 bits per heavy atom. The second-order valence-electron chi connectivity index (χ2n) is 5.18. The van der Waals surface area contributed by atoms with Crippen molar-refractivity contribution in [2.75, 3.05) is 11.9 Å². The molecule has 0 atom stereocenters. The summed E-state index contributed by atoms with van der Waals surface area (Å²) in [4.78, 5) is 34.0. The molecule has 126 valence electrons. The molecule has 0 unspecified atom stereocenters. The molecule has 8 heteroatoms. The first kappa shape index (κ1) is 17.6. The number of hydrogen-bond acceptors (Lipinski definition) is 5. The first-order valence-corrected chi connectivity index (χ1v) is 8.27. The monoisotopic (exact) mass is 347 g/mol. The third-order valence-corrected chi connectivity index (χ3v) is 4.02. The summed E-state index contributed by atoms with van der Waals surface area (Å²) in [5.41, 5.74) is 1.50. The van der Waals surface area contributed by atoms with Crippen molar-refractivity contribution in [2.24, 2.45) is 0 Å². The molecule has 1 aromatic carbocycles. The Morgan fingerprint density at radius 2 is 2.08 bits per heavy atom. The number of rotatable bonds is 7. The minimum absolute atomic E-state index is 0.0316. The number of carbonyl (C=O) groups is 2. The van der Waals surface area contributed by atoms with E-state index in [1.165, 1.54) is 17.4 Å². The van der Waals surface area contributed by atoms with Crippen molar-refractivity contribution >= 4 is 34.5 Å². The van der Waals surface area contributed by atoms with Gasteiger partial charge in [0, 0.05) is 41.2 Å². The molecule has 0 saturated heterocycles. The van der Waals surface area contributed by atoms with Crippen LogP contribution in [0.2, 0.25) is 0 Å². The van der Waals surface area contributed by atoms with Crippen molar-refractivity contribution in [3.63, 3.8) is 0 Å². The highest BCUT2D eigenvalue weighted by atomic mass is 32.1. The second kappa shape index (κ2) is 8.21. The number of nitro groups is 1. The third-order valence-electron chi connectivity index (χ3n) is 3.34. The lowest BCUT2D eigenvalue weighted by Crippen LogP contribution is -2.25. The topological polar surface area (TPSA) is 101 Å². The maximum Gasteiger partial charge on any atom is 0.274 e. The SMILES string of the molecule is Cc1ccc(NC(=O)CCCNC(=O)c2ccsc2)cc1[N+](=O)[O-]. The Balaban J connectivity index is 1.76. The number of carbonyl (C=O) groups excluding carboxylic acids is 2. The van der Waals surface area contributed by atoms with Crippen LogP contribution in [0.5, 0.6) is 0 Å². The lowest BCUT2D eigenvalue weighted by atomic mass is 10.2. The van der Waals surface area contributed by atoms with Crippen molar-refractivity contribution in [2.45, 2.75) is 19.8 Å². The first-order chi connectivity index (χ1) is 11.5. The fourth-order valence-corrected chi connectivity index (χ4v) is 2.69. The van der Waals surface area contributed by atoms with Crippen LogP contribution in [0.1, 0.15) is 28.8 Å². The number of nitrogens with one attached hydrogen (secondary N) is 2. The maximum atomic E-state index is 11.9. The standard InChI is InChI=1S/C16H17N3O4S/c1-11-4-5-13(9-14(11)19(22)23)18-15(20)3-2-7-17-16(21)12-6-8-24-10-12/h4-6,8-10H,2-3,7H2,1H3,(H,17,21)(H,18,20). The summed E-state index contributed by atoms with van der Waals surface area (Å²) in [6, 6.07) is 6.29. The zero-order valence-corrected chi connectivity index (χ0v) is 13.9. The van der Waals surface area contributed by atoms with Crippen LogP contribution in [-0.2, 0) is 4.79 Å². The Labute approximate surface area is 142 Å². The lowest BCUT2D eigenvalue weighted by Gasteiger charge is -2.07. The Hall–Kier alpha value is -2.74. The van der Waals surface area contributed by atoms with Gasteiger partial charge in [-0.05, 0) is 30.9 Å². The molecule has 0 aliphatic rings. The van der Waals surface area contributed by atoms with Crippen molar-refractivity contribution in [1.82, 2.24) is 5.32 Å². The molecule has 7 nitrogen and oxygen atoms in total. The molecule has 1 heterocycles. The third kappa shape index (κ3) is 4.88. The lowest BCUT2D eigenvalue weighted by molar-refractivity contribution is -0.385. The van der Waals surface area contributed by atoms with Crippen LogP contribution in [0.4, 0.5) is 11.4 Å². The molecular formula is C16H17N3O4S. The highest BCUT2D eigenvalue weighted by molar-refractivity contribution is 7.08. The van der Waals surface area contributed by atoms with Gasteiger partial charge in [0.05, 0.1) is 4.92 Å². The predicted molar refractivity (Wildman–Crippen MR) is 92.3 cm³/mol. The molecular weight excluding hydrogens is 330 g/mol. The molecule has 1 aromatic heterocycles. The van der Waals surface area contributed by atoms with E-state index in [0.717, 1.165) is 0 Å². The molecule has 0 aliphatic heterocycles. The van der Waals surface area contributed by atoms with E-state index in [9.17, 15) is 19.7 Å². The maximum absolute atomic E-state index is 11.9. The fraction of sp³-hybridized carbons (Fsp3) is 0.250. The Kier molecular flexibility index (Phi) is 6.02. The minimum Gasteiger partial charge on any atom is -0.352 e. The van der Waals surface area contributed by atoms with E-state index >= 15 is 0 Å². The summed E-state index contributed by atoms with van der Waals surface area (Å²) in [6.45, 7) is 2.02. The number of thiophene rings is 1. The molecule has 0 radical (unpaired) electrons. The number of anilines is 1. The van der Waals surface area contributed by atoms with Gasteiger partial charge in [-0.3, -0.25) is 19.7 Å². The van der Waals surface area contributed by atoms with Gasteiger partial charge in [0.1, 0.15) is 0 Å². The molecule has 0 spiro atoms. The molecule has 2 amide bonds. The molecule has 0 bridgehead atoms. The van der Waals surface area contributed by atoms with Gasteiger partial charge >= 0.3 is 0 Å². The van der Waals surface area contributed by atoms with E-state index in [0.29, 0.717) is 29.8 Å². The number of nitrogens with zero attached hydrogens (tertiary/aromatic N) is 1. The zero-order valence-electron chi connectivity index (χ0n) is 13.1. The van der Waals surface area contributed by atoms with E-state index < -0.39 is 4.92 Å². The van der Waals surface area contributed by atoms with E-state index in [-0.39, 0.29) is 23.9 Å². The van der Waals surface area contributed by atoms with Crippen LogP contribution in [-0.4, -0.2) is 23.3 Å². The summed E-state index contributed by atoms with van der Waals surface area (Å²) in [7, 11) is 0. The van der Waals surface area contributed by atoms with Gasteiger partial charge in [-0.2, -0.15) is 11.3 Å². The average Bonchev–Trinajstić information content (AvgIpc) is 3.07. The van der Waals surface area contributed by atoms with Crippen LogP contribution < -0.4 is 10.6 Å². The van der Waals surface area contributed by atoms with E-state index in [1.54, 1.807) is 30.5 Å². The van der Waals surface area contributed by atoms with Crippen molar-refractivity contribution < 1.29 is 14.5 Å². The fourth-order valence-electron chi connectivity index (χ4n) is 2.05. The normalized spacial score (nSPS) is 10.2. The quantitative estimate of drug-likeness (QED) is 0.456. The molecule has 2 N–H and O–H groups in total. The largest absolute Gasteiger partial charge is 0.352 e. The minimum atomic E-state index is -0.481. The van der Waals surface area contributed by atoms with Gasteiger partial charge in [0.25, 0.3) is 11.6 Å². The number of amides is 2. The van der Waals surface area contributed by atoms with Crippen LogP contribution in [0.15, 0.2) is 35.0 Å². The van der Waals surface area contributed by atoms with Gasteiger partial charge in [0.15, 0.2) is 0 Å². The van der Waals surface area contributed by atoms with Gasteiger partial charge in [-0.25, -0.2) is 0 Å². The summed E-state index contributed by atoms with van der Waals surface area (Å²) in [5.74, 6) is -0.413. The summed E-state index contributed by atoms with van der Waals surface area (Å²) < 4.78 is 0. The van der Waals surface area contributed by atoms with Gasteiger partial charge < -0.3 is 10.6 Å². The molecule has 0 fully saturated rings. The van der Waals surface area contributed by atoms with Crippen LogP contribution in [0, 0.1) is 17.0 Å². The number of aryl methyl sites for hydroxylation is 1. The van der Waals surface area contributed by atoms with Crippen molar-refractivity contribution in [3.05, 3.63) is 56.3 Å². The second-order valence-corrected chi connectivity index (χ2v) is 5.96. The molecule has 2 rings (SSSR count). The molecule has 0 saturated carbocycles.